The third kappa shape index (κ3) is 2.63. The van der Waals surface area contributed by atoms with Gasteiger partial charge >= 0.3 is 0 Å². The number of nitro groups is 1. The van der Waals surface area contributed by atoms with Gasteiger partial charge in [0.25, 0.3) is 5.69 Å². The molecule has 1 aromatic carbocycles. The van der Waals surface area contributed by atoms with Gasteiger partial charge in [0.2, 0.25) is 0 Å². The third-order valence-corrected chi connectivity index (χ3v) is 4.26. The van der Waals surface area contributed by atoms with Crippen molar-refractivity contribution in [3.8, 4) is 0 Å². The normalized spacial score (nSPS) is 15.4. The van der Waals surface area contributed by atoms with Gasteiger partial charge in [0.05, 0.1) is 28.3 Å². The van der Waals surface area contributed by atoms with E-state index in [4.69, 9.17) is 0 Å². The number of non-ortho nitro benzene ring substituents is 1. The van der Waals surface area contributed by atoms with Crippen LogP contribution in [0.15, 0.2) is 24.3 Å². The number of aryl methyl sites for hydroxylation is 1. The van der Waals surface area contributed by atoms with Crippen molar-refractivity contribution in [3.63, 3.8) is 0 Å². The predicted octanol–water partition coefficient (Wildman–Crippen LogP) is 2.09. The largest absolute Gasteiger partial charge is 0.302 e. The number of benzene rings is 1. The molecule has 1 aliphatic heterocycles. The molecule has 7 heteroatoms. The van der Waals surface area contributed by atoms with Crippen LogP contribution in [0.5, 0.6) is 0 Å². The Balaban J connectivity index is 1.84. The lowest BCUT2D eigenvalue weighted by Crippen LogP contribution is -2.31. The van der Waals surface area contributed by atoms with Crippen molar-refractivity contribution in [1.82, 2.24) is 15.1 Å². The van der Waals surface area contributed by atoms with Crippen LogP contribution in [0.1, 0.15) is 41.2 Å². The summed E-state index contributed by atoms with van der Waals surface area (Å²) in [5.74, 6) is -0.0921. The summed E-state index contributed by atoms with van der Waals surface area (Å²) in [7, 11) is 1.88. The molecule has 7 nitrogen and oxygen atoms in total. The molecule has 2 aromatic rings. The number of Topliss-reactive ketones (excluding diaryl/α,β-unsaturated/α-hetero) is 1. The van der Waals surface area contributed by atoms with Crippen molar-refractivity contribution in [2.45, 2.75) is 32.4 Å². The van der Waals surface area contributed by atoms with E-state index < -0.39 is 4.92 Å². The SMILES string of the molecule is Cn1nc(CC(=O)c2ccc([N+](=O)[O-])cc2)c2c1C(C)(C)NC2. The van der Waals surface area contributed by atoms with Crippen LogP contribution >= 0.6 is 0 Å². The van der Waals surface area contributed by atoms with Crippen LogP contribution in [-0.4, -0.2) is 20.5 Å². The minimum absolute atomic E-state index is 0.0220. The molecule has 0 amide bonds. The first-order chi connectivity index (χ1) is 10.8. The van der Waals surface area contributed by atoms with Gasteiger partial charge in [0, 0.05) is 36.9 Å². The van der Waals surface area contributed by atoms with Gasteiger partial charge < -0.3 is 5.32 Å². The number of hydrogen-bond donors (Lipinski definition) is 1. The van der Waals surface area contributed by atoms with Gasteiger partial charge in [-0.1, -0.05) is 0 Å². The standard InChI is InChI=1S/C16H18N4O3/c1-16(2)15-12(9-17-16)13(18-19(15)3)8-14(21)10-4-6-11(7-5-10)20(22)23/h4-7,17H,8-9H2,1-3H3. The molecule has 0 radical (unpaired) electrons. The first-order valence-electron chi connectivity index (χ1n) is 7.37. The summed E-state index contributed by atoms with van der Waals surface area (Å²) >= 11 is 0. The number of nitro benzene ring substituents is 1. The van der Waals surface area contributed by atoms with Crippen molar-refractivity contribution in [3.05, 3.63) is 56.9 Å². The van der Waals surface area contributed by atoms with Crippen molar-refractivity contribution < 1.29 is 9.72 Å². The van der Waals surface area contributed by atoms with E-state index >= 15 is 0 Å². The van der Waals surface area contributed by atoms with E-state index in [1.54, 1.807) is 0 Å². The highest BCUT2D eigenvalue weighted by atomic mass is 16.6. The Morgan fingerprint density at radius 3 is 2.65 bits per heavy atom. The maximum atomic E-state index is 12.4. The summed E-state index contributed by atoms with van der Waals surface area (Å²) < 4.78 is 1.83. The summed E-state index contributed by atoms with van der Waals surface area (Å²) in [6.45, 7) is 4.87. The predicted molar refractivity (Wildman–Crippen MR) is 84.2 cm³/mol. The van der Waals surface area contributed by atoms with Crippen LogP contribution in [0.3, 0.4) is 0 Å². The van der Waals surface area contributed by atoms with Crippen LogP contribution < -0.4 is 5.32 Å². The zero-order valence-corrected chi connectivity index (χ0v) is 13.3. The molecular formula is C16H18N4O3. The molecule has 1 aliphatic rings. The lowest BCUT2D eigenvalue weighted by molar-refractivity contribution is -0.384. The number of aromatic nitrogens is 2. The zero-order chi connectivity index (χ0) is 16.8. The lowest BCUT2D eigenvalue weighted by atomic mass is 9.99. The molecule has 0 fully saturated rings. The molecule has 23 heavy (non-hydrogen) atoms. The average Bonchev–Trinajstić information content (AvgIpc) is 2.98. The number of rotatable bonds is 4. The molecule has 0 aliphatic carbocycles. The average molecular weight is 314 g/mol. The van der Waals surface area contributed by atoms with E-state index in [1.165, 1.54) is 24.3 Å². The van der Waals surface area contributed by atoms with Crippen LogP contribution in [0.25, 0.3) is 0 Å². The Hall–Kier alpha value is -2.54. The minimum Gasteiger partial charge on any atom is -0.302 e. The molecule has 0 atom stereocenters. The summed E-state index contributed by atoms with van der Waals surface area (Å²) in [5, 5.41) is 18.6. The van der Waals surface area contributed by atoms with E-state index in [-0.39, 0.29) is 23.4 Å². The van der Waals surface area contributed by atoms with Gasteiger partial charge in [-0.25, -0.2) is 0 Å². The maximum absolute atomic E-state index is 12.4. The fraction of sp³-hybridized carbons (Fsp3) is 0.375. The lowest BCUT2D eigenvalue weighted by Gasteiger charge is -2.19. The van der Waals surface area contributed by atoms with Gasteiger partial charge in [-0.15, -0.1) is 0 Å². The number of nitrogens with zero attached hydrogens (tertiary/aromatic N) is 3. The monoisotopic (exact) mass is 314 g/mol. The van der Waals surface area contributed by atoms with Crippen LogP contribution in [0.4, 0.5) is 5.69 Å². The summed E-state index contributed by atoms with van der Waals surface area (Å²) in [4.78, 5) is 22.6. The summed E-state index contributed by atoms with van der Waals surface area (Å²) in [5.41, 5.74) is 3.22. The van der Waals surface area contributed by atoms with Crippen molar-refractivity contribution in [2.24, 2.45) is 7.05 Å². The molecule has 120 valence electrons. The smallest absolute Gasteiger partial charge is 0.269 e. The molecule has 0 saturated heterocycles. The Morgan fingerprint density at radius 2 is 2.04 bits per heavy atom. The van der Waals surface area contributed by atoms with Gasteiger partial charge in [0.1, 0.15) is 0 Å². The number of carbonyl (C=O) groups is 1. The van der Waals surface area contributed by atoms with Crippen molar-refractivity contribution in [2.75, 3.05) is 0 Å². The van der Waals surface area contributed by atoms with E-state index in [1.807, 2.05) is 11.7 Å². The van der Waals surface area contributed by atoms with Crippen molar-refractivity contribution in [1.29, 1.82) is 0 Å². The zero-order valence-electron chi connectivity index (χ0n) is 13.3. The second-order valence-electron chi connectivity index (χ2n) is 6.28. The van der Waals surface area contributed by atoms with E-state index in [2.05, 4.69) is 24.3 Å². The number of carbonyl (C=O) groups excluding carboxylic acids is 1. The second-order valence-corrected chi connectivity index (χ2v) is 6.28. The van der Waals surface area contributed by atoms with E-state index in [0.29, 0.717) is 12.1 Å². The maximum Gasteiger partial charge on any atom is 0.269 e. The number of nitrogens with one attached hydrogen (secondary N) is 1. The quantitative estimate of drug-likeness (QED) is 0.530. The first-order valence-corrected chi connectivity index (χ1v) is 7.37. The van der Waals surface area contributed by atoms with E-state index in [9.17, 15) is 14.9 Å². The highest BCUT2D eigenvalue weighted by Crippen LogP contribution is 2.32. The first kappa shape index (κ1) is 15.4. The van der Waals surface area contributed by atoms with Crippen LogP contribution in [0, 0.1) is 10.1 Å². The van der Waals surface area contributed by atoms with Gasteiger partial charge in [0.15, 0.2) is 5.78 Å². The molecule has 0 spiro atoms. The van der Waals surface area contributed by atoms with Crippen LogP contribution in [-0.2, 0) is 25.6 Å². The second kappa shape index (κ2) is 5.27. The Morgan fingerprint density at radius 1 is 1.39 bits per heavy atom. The Kier molecular flexibility index (Phi) is 3.52. The molecule has 1 aromatic heterocycles. The molecule has 3 rings (SSSR count). The van der Waals surface area contributed by atoms with Crippen molar-refractivity contribution >= 4 is 11.5 Å². The topological polar surface area (TPSA) is 90.1 Å². The van der Waals surface area contributed by atoms with Gasteiger partial charge in [-0.05, 0) is 26.0 Å². The fourth-order valence-electron chi connectivity index (χ4n) is 3.15. The minimum atomic E-state index is -0.479. The molecule has 0 bridgehead atoms. The highest BCUT2D eigenvalue weighted by Gasteiger charge is 2.35. The molecule has 0 saturated carbocycles. The molecule has 2 heterocycles. The Bertz CT molecular complexity index is 790. The molecule has 1 N–H and O–H groups in total. The molecule has 0 unspecified atom stereocenters. The number of hydrogen-bond acceptors (Lipinski definition) is 5. The van der Waals surface area contributed by atoms with E-state index in [0.717, 1.165) is 17.0 Å². The van der Waals surface area contributed by atoms with Gasteiger partial charge in [-0.2, -0.15) is 5.10 Å². The third-order valence-electron chi connectivity index (χ3n) is 4.26. The molecular weight excluding hydrogens is 296 g/mol. The van der Waals surface area contributed by atoms with Crippen LogP contribution in [0.2, 0.25) is 0 Å². The number of ketones is 1. The summed E-state index contributed by atoms with van der Waals surface area (Å²) in [6, 6.07) is 5.68. The number of fused-ring (bicyclic) bond motifs is 1. The fourth-order valence-corrected chi connectivity index (χ4v) is 3.15. The summed E-state index contributed by atoms with van der Waals surface area (Å²) in [6.07, 6.45) is 0.193. The Labute approximate surface area is 133 Å². The highest BCUT2D eigenvalue weighted by molar-refractivity contribution is 5.97. The van der Waals surface area contributed by atoms with Gasteiger partial charge in [-0.3, -0.25) is 19.6 Å².